The molecule has 0 spiro atoms. The highest BCUT2D eigenvalue weighted by Crippen LogP contribution is 2.14. The van der Waals surface area contributed by atoms with E-state index < -0.39 is 0 Å². The summed E-state index contributed by atoms with van der Waals surface area (Å²) >= 11 is 0. The van der Waals surface area contributed by atoms with Gasteiger partial charge in [-0.3, -0.25) is 14.5 Å². The summed E-state index contributed by atoms with van der Waals surface area (Å²) in [5, 5.41) is 0. The van der Waals surface area contributed by atoms with Crippen molar-refractivity contribution in [3.63, 3.8) is 0 Å². The molecule has 2 rings (SSSR count). The Balaban J connectivity index is 1.80. The molecule has 0 saturated carbocycles. The molecule has 2 heterocycles. The fourth-order valence-electron chi connectivity index (χ4n) is 2.67. The van der Waals surface area contributed by atoms with Crippen LogP contribution in [-0.2, 0) is 9.59 Å². The fourth-order valence-corrected chi connectivity index (χ4v) is 2.67. The lowest BCUT2D eigenvalue weighted by molar-refractivity contribution is -0.135. The number of likely N-dealkylation sites (tertiary alicyclic amines) is 2. The van der Waals surface area contributed by atoms with Gasteiger partial charge in [0.1, 0.15) is 5.78 Å². The van der Waals surface area contributed by atoms with Gasteiger partial charge in [-0.15, -0.1) is 0 Å². The van der Waals surface area contributed by atoms with Crippen molar-refractivity contribution in [3.8, 4) is 0 Å². The van der Waals surface area contributed by atoms with E-state index in [4.69, 9.17) is 0 Å². The van der Waals surface area contributed by atoms with Crippen molar-refractivity contribution < 1.29 is 9.59 Å². The Labute approximate surface area is 103 Å². The van der Waals surface area contributed by atoms with E-state index in [0.717, 1.165) is 39.0 Å². The molecule has 2 aliphatic rings. The van der Waals surface area contributed by atoms with E-state index in [2.05, 4.69) is 4.90 Å². The van der Waals surface area contributed by atoms with Crippen LogP contribution < -0.4 is 0 Å². The molecule has 1 atom stereocenters. The van der Waals surface area contributed by atoms with Crippen LogP contribution in [0.5, 0.6) is 0 Å². The lowest BCUT2D eigenvalue weighted by Crippen LogP contribution is -2.47. The third-order valence-electron chi connectivity index (χ3n) is 3.82. The average molecular weight is 238 g/mol. The van der Waals surface area contributed by atoms with Crippen LogP contribution in [-0.4, -0.2) is 54.2 Å². The number of hydrogen-bond donors (Lipinski definition) is 0. The molecule has 0 aromatic heterocycles. The van der Waals surface area contributed by atoms with Crippen LogP contribution in [0.4, 0.5) is 0 Å². The minimum atomic E-state index is 0.0953. The predicted molar refractivity (Wildman–Crippen MR) is 65.7 cm³/mol. The summed E-state index contributed by atoms with van der Waals surface area (Å²) in [4.78, 5) is 27.6. The molecule has 1 amide bonds. The zero-order chi connectivity index (χ0) is 12.3. The van der Waals surface area contributed by atoms with Gasteiger partial charge in [0, 0.05) is 38.5 Å². The summed E-state index contributed by atoms with van der Waals surface area (Å²) in [6.07, 6.45) is 4.13. The quantitative estimate of drug-likeness (QED) is 0.718. The Morgan fingerprint density at radius 2 is 1.94 bits per heavy atom. The molecule has 2 saturated heterocycles. The number of Topliss-reactive ketones (excluding diaryl/α,β-unsaturated/α-hetero) is 1. The maximum absolute atomic E-state index is 12.1. The van der Waals surface area contributed by atoms with Crippen molar-refractivity contribution in [2.45, 2.75) is 32.6 Å². The van der Waals surface area contributed by atoms with Gasteiger partial charge < -0.3 is 4.90 Å². The lowest BCUT2D eigenvalue weighted by Gasteiger charge is -2.33. The van der Waals surface area contributed by atoms with Gasteiger partial charge in [-0.25, -0.2) is 0 Å². The standard InChI is InChI=1S/C13H22N2O2/c1-11-9-14(8-5-12(11)16)10-13(17)15-6-3-2-4-7-15/h11H,2-10H2,1H3. The van der Waals surface area contributed by atoms with Crippen LogP contribution in [0, 0.1) is 5.92 Å². The molecule has 0 bridgehead atoms. The largest absolute Gasteiger partial charge is 0.342 e. The number of rotatable bonds is 2. The predicted octanol–water partition coefficient (Wildman–Crippen LogP) is 0.910. The van der Waals surface area contributed by atoms with Gasteiger partial charge in [-0.2, -0.15) is 0 Å². The van der Waals surface area contributed by atoms with Gasteiger partial charge in [0.2, 0.25) is 5.91 Å². The molecule has 0 aromatic rings. The van der Waals surface area contributed by atoms with Crippen LogP contribution in [0.25, 0.3) is 0 Å². The second-order valence-electron chi connectivity index (χ2n) is 5.29. The number of carbonyl (C=O) groups is 2. The molecule has 17 heavy (non-hydrogen) atoms. The van der Waals surface area contributed by atoms with E-state index in [1.54, 1.807) is 0 Å². The number of ketones is 1. The number of amides is 1. The summed E-state index contributed by atoms with van der Waals surface area (Å²) in [6, 6.07) is 0. The molecule has 1 unspecified atom stereocenters. The van der Waals surface area contributed by atoms with Crippen LogP contribution in [0.2, 0.25) is 0 Å². The SMILES string of the molecule is CC1CN(CC(=O)N2CCCCC2)CCC1=O. The van der Waals surface area contributed by atoms with Crippen LogP contribution in [0.3, 0.4) is 0 Å². The molecule has 96 valence electrons. The van der Waals surface area contributed by atoms with Gasteiger partial charge in [-0.1, -0.05) is 6.92 Å². The second-order valence-corrected chi connectivity index (χ2v) is 5.29. The number of carbonyl (C=O) groups excluding carboxylic acids is 2. The highest BCUT2D eigenvalue weighted by molar-refractivity contribution is 5.82. The average Bonchev–Trinajstić information content (AvgIpc) is 2.35. The third-order valence-corrected chi connectivity index (χ3v) is 3.82. The molecule has 4 heteroatoms. The van der Waals surface area contributed by atoms with E-state index in [0.29, 0.717) is 18.7 Å². The van der Waals surface area contributed by atoms with Crippen molar-refractivity contribution in [1.82, 2.24) is 9.80 Å². The van der Waals surface area contributed by atoms with Gasteiger partial charge in [0.05, 0.1) is 6.54 Å². The maximum Gasteiger partial charge on any atom is 0.236 e. The van der Waals surface area contributed by atoms with Crippen molar-refractivity contribution in [1.29, 1.82) is 0 Å². The molecule has 0 N–H and O–H groups in total. The zero-order valence-corrected chi connectivity index (χ0v) is 10.7. The smallest absolute Gasteiger partial charge is 0.236 e. The van der Waals surface area contributed by atoms with Gasteiger partial charge >= 0.3 is 0 Å². The number of nitrogens with zero attached hydrogens (tertiary/aromatic N) is 2. The third kappa shape index (κ3) is 3.28. The summed E-state index contributed by atoms with van der Waals surface area (Å²) in [6.45, 7) is 5.79. The first-order valence-corrected chi connectivity index (χ1v) is 6.69. The van der Waals surface area contributed by atoms with Crippen molar-refractivity contribution in [3.05, 3.63) is 0 Å². The molecule has 0 aromatic carbocycles. The van der Waals surface area contributed by atoms with Crippen molar-refractivity contribution in [2.75, 3.05) is 32.7 Å². The Morgan fingerprint density at radius 3 is 2.59 bits per heavy atom. The van der Waals surface area contributed by atoms with E-state index in [1.165, 1.54) is 6.42 Å². The normalized spacial score (nSPS) is 27.2. The molecule has 2 aliphatic heterocycles. The Kier molecular flexibility index (Phi) is 4.15. The monoisotopic (exact) mass is 238 g/mol. The summed E-state index contributed by atoms with van der Waals surface area (Å²) in [5.41, 5.74) is 0. The maximum atomic E-state index is 12.1. The highest BCUT2D eigenvalue weighted by atomic mass is 16.2. The fraction of sp³-hybridized carbons (Fsp3) is 0.846. The number of hydrogen-bond acceptors (Lipinski definition) is 3. The van der Waals surface area contributed by atoms with Crippen molar-refractivity contribution in [2.24, 2.45) is 5.92 Å². The molecular weight excluding hydrogens is 216 g/mol. The van der Waals surface area contributed by atoms with Crippen LogP contribution >= 0.6 is 0 Å². The van der Waals surface area contributed by atoms with Crippen LogP contribution in [0.15, 0.2) is 0 Å². The topological polar surface area (TPSA) is 40.6 Å². The first kappa shape index (κ1) is 12.6. The van der Waals surface area contributed by atoms with E-state index in [1.807, 2.05) is 11.8 Å². The lowest BCUT2D eigenvalue weighted by atomic mass is 9.98. The number of piperidine rings is 2. The highest BCUT2D eigenvalue weighted by Gasteiger charge is 2.26. The molecular formula is C13H22N2O2. The second kappa shape index (κ2) is 5.63. The Morgan fingerprint density at radius 1 is 1.24 bits per heavy atom. The minimum absolute atomic E-state index is 0.0953. The van der Waals surface area contributed by atoms with Gasteiger partial charge in [-0.05, 0) is 19.3 Å². The Bertz CT molecular complexity index is 298. The minimum Gasteiger partial charge on any atom is -0.342 e. The van der Waals surface area contributed by atoms with Crippen molar-refractivity contribution >= 4 is 11.7 Å². The van der Waals surface area contributed by atoms with E-state index in [-0.39, 0.29) is 11.8 Å². The van der Waals surface area contributed by atoms with Gasteiger partial charge in [0.15, 0.2) is 0 Å². The first-order valence-electron chi connectivity index (χ1n) is 6.69. The molecule has 0 radical (unpaired) electrons. The zero-order valence-electron chi connectivity index (χ0n) is 10.7. The Hall–Kier alpha value is -0.900. The summed E-state index contributed by atoms with van der Waals surface area (Å²) in [5.74, 6) is 0.677. The summed E-state index contributed by atoms with van der Waals surface area (Å²) in [7, 11) is 0. The first-order chi connectivity index (χ1) is 8.16. The molecule has 4 nitrogen and oxygen atoms in total. The molecule has 0 aliphatic carbocycles. The van der Waals surface area contributed by atoms with E-state index >= 15 is 0 Å². The van der Waals surface area contributed by atoms with Crippen LogP contribution in [0.1, 0.15) is 32.6 Å². The van der Waals surface area contributed by atoms with Gasteiger partial charge in [0.25, 0.3) is 0 Å². The summed E-state index contributed by atoms with van der Waals surface area (Å²) < 4.78 is 0. The molecule has 2 fully saturated rings. The van der Waals surface area contributed by atoms with E-state index in [9.17, 15) is 9.59 Å².